The minimum Gasteiger partial charge on any atom is -0.481 e. The first-order chi connectivity index (χ1) is 13.6. The molecule has 146 valence electrons. The molecule has 1 amide bonds. The van der Waals surface area contributed by atoms with E-state index in [1.54, 1.807) is 29.7 Å². The van der Waals surface area contributed by atoms with Gasteiger partial charge in [0.15, 0.2) is 11.7 Å². The number of nitrogens with zero attached hydrogens (tertiary/aromatic N) is 4. The van der Waals surface area contributed by atoms with Crippen LogP contribution in [0.2, 0.25) is 5.02 Å². The lowest BCUT2D eigenvalue weighted by Gasteiger charge is -2.22. The fraction of sp³-hybridized carbons (Fsp3) is 0.350. The molecule has 1 saturated heterocycles. The fourth-order valence-corrected chi connectivity index (χ4v) is 4.38. The summed E-state index contributed by atoms with van der Waals surface area (Å²) in [6, 6.07) is 7.25. The van der Waals surface area contributed by atoms with E-state index in [2.05, 4.69) is 20.2 Å². The van der Waals surface area contributed by atoms with E-state index in [0.29, 0.717) is 22.8 Å². The molecule has 1 aromatic carbocycles. The number of ether oxygens (including phenoxy) is 1. The third-order valence-electron chi connectivity index (χ3n) is 4.76. The number of aromatic nitrogens is 2. The minimum atomic E-state index is -0.0174. The Balaban J connectivity index is 1.39. The van der Waals surface area contributed by atoms with Gasteiger partial charge in [-0.3, -0.25) is 9.78 Å². The van der Waals surface area contributed by atoms with Crippen molar-refractivity contribution in [3.63, 3.8) is 0 Å². The summed E-state index contributed by atoms with van der Waals surface area (Å²) in [6.45, 7) is 5.07. The number of carbonyl (C=O) groups excluding carboxylic acids is 1. The molecule has 0 spiro atoms. The van der Waals surface area contributed by atoms with Gasteiger partial charge in [0, 0.05) is 43.1 Å². The van der Waals surface area contributed by atoms with Crippen molar-refractivity contribution in [3.05, 3.63) is 46.6 Å². The Morgan fingerprint density at radius 3 is 2.96 bits per heavy atom. The molecule has 28 heavy (non-hydrogen) atoms. The molecule has 0 bridgehead atoms. The van der Waals surface area contributed by atoms with Gasteiger partial charge in [-0.05, 0) is 37.6 Å². The smallest absolute Gasteiger partial charge is 0.260 e. The molecule has 1 aliphatic heterocycles. The van der Waals surface area contributed by atoms with Gasteiger partial charge in [-0.1, -0.05) is 11.6 Å². The average Bonchev–Trinajstić information content (AvgIpc) is 2.99. The van der Waals surface area contributed by atoms with Gasteiger partial charge in [0.05, 0.1) is 10.7 Å². The molecule has 1 fully saturated rings. The number of aryl methyl sites for hydroxylation is 1. The molecule has 3 heterocycles. The van der Waals surface area contributed by atoms with Gasteiger partial charge in [-0.2, -0.15) is 0 Å². The maximum absolute atomic E-state index is 12.7. The van der Waals surface area contributed by atoms with Crippen LogP contribution in [0, 0.1) is 6.92 Å². The van der Waals surface area contributed by atoms with Gasteiger partial charge in [-0.15, -0.1) is 11.3 Å². The average molecular weight is 417 g/mol. The van der Waals surface area contributed by atoms with Crippen LogP contribution >= 0.6 is 22.9 Å². The molecule has 0 aliphatic carbocycles. The highest BCUT2D eigenvalue weighted by Gasteiger charge is 2.21. The third kappa shape index (κ3) is 4.05. The number of carbonyl (C=O) groups is 1. The van der Waals surface area contributed by atoms with Crippen LogP contribution in [0.15, 0.2) is 35.8 Å². The number of rotatable bonds is 4. The highest BCUT2D eigenvalue weighted by atomic mass is 35.5. The molecular formula is C20H21ClN4O2S. The Labute approximate surface area is 172 Å². The summed E-state index contributed by atoms with van der Waals surface area (Å²) in [5.41, 5.74) is 1.71. The molecule has 4 rings (SSSR count). The van der Waals surface area contributed by atoms with Gasteiger partial charge >= 0.3 is 0 Å². The van der Waals surface area contributed by atoms with Crippen molar-refractivity contribution in [2.45, 2.75) is 13.3 Å². The van der Waals surface area contributed by atoms with Crippen molar-refractivity contribution in [2.24, 2.45) is 0 Å². The van der Waals surface area contributed by atoms with Crippen molar-refractivity contribution >= 4 is 44.9 Å². The zero-order valence-electron chi connectivity index (χ0n) is 15.6. The standard InChI is InChI=1S/C20H21ClN4O2S/c1-14-13-28-20(23-14)25-9-3-8-24(10-11-25)18(26)12-27-17-6-5-16(21)15-4-2-7-22-19(15)17/h2,4-7,13H,3,8-12H2,1H3. The zero-order chi connectivity index (χ0) is 19.5. The Bertz CT molecular complexity index is 993. The molecular weight excluding hydrogens is 396 g/mol. The number of halogens is 1. The zero-order valence-corrected chi connectivity index (χ0v) is 17.2. The fourth-order valence-electron chi connectivity index (χ4n) is 3.30. The van der Waals surface area contributed by atoms with E-state index in [4.69, 9.17) is 16.3 Å². The summed E-state index contributed by atoms with van der Waals surface area (Å²) in [7, 11) is 0. The van der Waals surface area contributed by atoms with Crippen molar-refractivity contribution in [1.29, 1.82) is 0 Å². The van der Waals surface area contributed by atoms with Crippen molar-refractivity contribution in [2.75, 3.05) is 37.7 Å². The predicted octanol–water partition coefficient (Wildman–Crippen LogP) is 3.77. The van der Waals surface area contributed by atoms with Crippen LogP contribution in [-0.2, 0) is 4.79 Å². The Kier molecular flexibility index (Phi) is 5.64. The van der Waals surface area contributed by atoms with Crippen LogP contribution in [0.25, 0.3) is 10.9 Å². The highest BCUT2D eigenvalue weighted by molar-refractivity contribution is 7.13. The minimum absolute atomic E-state index is 0.0103. The van der Waals surface area contributed by atoms with Gasteiger partial charge in [-0.25, -0.2) is 4.98 Å². The number of anilines is 1. The second kappa shape index (κ2) is 8.32. The number of fused-ring (bicyclic) bond motifs is 1. The number of benzene rings is 1. The molecule has 0 radical (unpaired) electrons. The van der Waals surface area contributed by atoms with Gasteiger partial charge in [0.1, 0.15) is 11.3 Å². The first kappa shape index (κ1) is 19.0. The van der Waals surface area contributed by atoms with Crippen LogP contribution in [-0.4, -0.2) is 53.6 Å². The second-order valence-corrected chi connectivity index (χ2v) is 7.97. The second-order valence-electron chi connectivity index (χ2n) is 6.73. The van der Waals surface area contributed by atoms with Crippen LogP contribution in [0.5, 0.6) is 5.75 Å². The summed E-state index contributed by atoms with van der Waals surface area (Å²) in [4.78, 5) is 25.7. The van der Waals surface area contributed by atoms with Crippen LogP contribution in [0.4, 0.5) is 5.13 Å². The molecule has 0 N–H and O–H groups in total. The van der Waals surface area contributed by atoms with E-state index in [1.165, 1.54) is 0 Å². The molecule has 1 aliphatic rings. The number of amides is 1. The van der Waals surface area contributed by atoms with Crippen molar-refractivity contribution < 1.29 is 9.53 Å². The first-order valence-corrected chi connectivity index (χ1v) is 10.5. The summed E-state index contributed by atoms with van der Waals surface area (Å²) < 4.78 is 5.81. The van der Waals surface area contributed by atoms with E-state index in [0.717, 1.165) is 42.3 Å². The van der Waals surface area contributed by atoms with Gasteiger partial charge in [0.2, 0.25) is 0 Å². The van der Waals surface area contributed by atoms with E-state index >= 15 is 0 Å². The topological polar surface area (TPSA) is 58.6 Å². The lowest BCUT2D eigenvalue weighted by atomic mass is 10.2. The largest absolute Gasteiger partial charge is 0.481 e. The normalized spacial score (nSPS) is 14.9. The van der Waals surface area contributed by atoms with E-state index < -0.39 is 0 Å². The first-order valence-electron chi connectivity index (χ1n) is 9.23. The van der Waals surface area contributed by atoms with Crippen LogP contribution in [0.1, 0.15) is 12.1 Å². The molecule has 0 unspecified atom stereocenters. The Morgan fingerprint density at radius 2 is 2.14 bits per heavy atom. The maximum atomic E-state index is 12.7. The number of pyridine rings is 1. The molecule has 2 aromatic heterocycles. The molecule has 8 heteroatoms. The Morgan fingerprint density at radius 1 is 1.25 bits per heavy atom. The number of hydrogen-bond acceptors (Lipinski definition) is 6. The molecule has 6 nitrogen and oxygen atoms in total. The SMILES string of the molecule is Cc1csc(N2CCCN(C(=O)COc3ccc(Cl)c4cccnc34)CC2)n1. The maximum Gasteiger partial charge on any atom is 0.260 e. The monoisotopic (exact) mass is 416 g/mol. The Hall–Kier alpha value is -2.38. The summed E-state index contributed by atoms with van der Waals surface area (Å²) in [5.74, 6) is 0.555. The summed E-state index contributed by atoms with van der Waals surface area (Å²) >= 11 is 7.87. The van der Waals surface area contributed by atoms with Gasteiger partial charge in [0.25, 0.3) is 5.91 Å². The molecule has 0 saturated carbocycles. The summed E-state index contributed by atoms with van der Waals surface area (Å²) in [5, 5.41) is 4.52. The van der Waals surface area contributed by atoms with E-state index in [1.807, 2.05) is 24.0 Å². The highest BCUT2D eigenvalue weighted by Crippen LogP contribution is 2.29. The van der Waals surface area contributed by atoms with Crippen molar-refractivity contribution in [1.82, 2.24) is 14.9 Å². The van der Waals surface area contributed by atoms with Crippen LogP contribution < -0.4 is 9.64 Å². The lowest BCUT2D eigenvalue weighted by Crippen LogP contribution is -2.38. The summed E-state index contributed by atoms with van der Waals surface area (Å²) in [6.07, 6.45) is 2.60. The lowest BCUT2D eigenvalue weighted by molar-refractivity contribution is -0.133. The predicted molar refractivity (Wildman–Crippen MR) is 113 cm³/mol. The van der Waals surface area contributed by atoms with Gasteiger partial charge < -0.3 is 14.5 Å². The molecule has 0 atom stereocenters. The van der Waals surface area contributed by atoms with E-state index in [9.17, 15) is 4.79 Å². The van der Waals surface area contributed by atoms with Crippen molar-refractivity contribution in [3.8, 4) is 5.75 Å². The number of hydrogen-bond donors (Lipinski definition) is 0. The third-order valence-corrected chi connectivity index (χ3v) is 6.11. The quantitative estimate of drug-likeness (QED) is 0.648. The number of thiazole rings is 1. The van der Waals surface area contributed by atoms with Crippen LogP contribution in [0.3, 0.4) is 0 Å². The molecule has 3 aromatic rings. The van der Waals surface area contributed by atoms with E-state index in [-0.39, 0.29) is 12.5 Å².